The first-order valence-corrected chi connectivity index (χ1v) is 8.62. The van der Waals surface area contributed by atoms with Gasteiger partial charge in [-0.15, -0.1) is 0 Å². The molecule has 0 unspecified atom stereocenters. The Kier molecular flexibility index (Phi) is 4.65. The summed E-state index contributed by atoms with van der Waals surface area (Å²) in [4.78, 5) is 16.3. The van der Waals surface area contributed by atoms with E-state index in [4.69, 9.17) is 4.74 Å². The molecule has 19 heavy (non-hydrogen) atoms. The SMILES string of the molecule is CC(C)(C)OC(=O)N1CCN(CC2(CI)CC2)CC1. The largest absolute Gasteiger partial charge is 0.444 e. The first kappa shape index (κ1) is 15.4. The van der Waals surface area contributed by atoms with E-state index in [1.54, 1.807) is 0 Å². The summed E-state index contributed by atoms with van der Waals surface area (Å²) in [6, 6.07) is 0. The van der Waals surface area contributed by atoms with Crippen LogP contribution in [0.3, 0.4) is 0 Å². The predicted octanol–water partition coefficient (Wildman–Crippen LogP) is 2.75. The summed E-state index contributed by atoms with van der Waals surface area (Å²) < 4.78 is 6.68. The molecule has 1 heterocycles. The number of carbonyl (C=O) groups is 1. The molecule has 2 fully saturated rings. The fraction of sp³-hybridized carbons (Fsp3) is 0.929. The Bertz CT molecular complexity index is 329. The number of nitrogens with zero attached hydrogens (tertiary/aromatic N) is 2. The van der Waals surface area contributed by atoms with Crippen LogP contribution in [0.2, 0.25) is 0 Å². The zero-order valence-electron chi connectivity index (χ0n) is 12.2. The van der Waals surface area contributed by atoms with Crippen LogP contribution in [0.25, 0.3) is 0 Å². The lowest BCUT2D eigenvalue weighted by atomic mass is 10.1. The molecule has 0 aromatic rings. The van der Waals surface area contributed by atoms with E-state index in [0.717, 1.165) is 26.2 Å². The second kappa shape index (κ2) is 5.76. The quantitative estimate of drug-likeness (QED) is 0.558. The summed E-state index contributed by atoms with van der Waals surface area (Å²) in [6.45, 7) is 10.5. The van der Waals surface area contributed by atoms with Gasteiger partial charge in [-0.3, -0.25) is 4.90 Å². The summed E-state index contributed by atoms with van der Waals surface area (Å²) in [5.74, 6) is 0. The maximum Gasteiger partial charge on any atom is 0.410 e. The van der Waals surface area contributed by atoms with Crippen molar-refractivity contribution >= 4 is 28.7 Å². The topological polar surface area (TPSA) is 32.8 Å². The summed E-state index contributed by atoms with van der Waals surface area (Å²) >= 11 is 2.51. The Morgan fingerprint density at radius 3 is 2.21 bits per heavy atom. The Balaban J connectivity index is 1.74. The van der Waals surface area contributed by atoms with Crippen molar-refractivity contribution in [3.8, 4) is 0 Å². The molecule has 1 saturated heterocycles. The normalized spacial score (nSPS) is 23.3. The van der Waals surface area contributed by atoms with Gasteiger partial charge in [-0.05, 0) is 39.0 Å². The molecule has 1 amide bonds. The van der Waals surface area contributed by atoms with Crippen molar-refractivity contribution < 1.29 is 9.53 Å². The van der Waals surface area contributed by atoms with Gasteiger partial charge in [-0.2, -0.15) is 0 Å². The fourth-order valence-corrected chi connectivity index (χ4v) is 3.40. The van der Waals surface area contributed by atoms with Crippen molar-refractivity contribution in [3.05, 3.63) is 0 Å². The minimum Gasteiger partial charge on any atom is -0.444 e. The van der Waals surface area contributed by atoms with Crippen LogP contribution >= 0.6 is 22.6 Å². The third-order valence-corrected chi connectivity index (χ3v) is 5.44. The van der Waals surface area contributed by atoms with Crippen molar-refractivity contribution in [1.82, 2.24) is 9.80 Å². The molecule has 1 saturated carbocycles. The highest BCUT2D eigenvalue weighted by atomic mass is 127. The molecule has 0 aromatic carbocycles. The monoisotopic (exact) mass is 380 g/mol. The Morgan fingerprint density at radius 2 is 1.79 bits per heavy atom. The highest BCUT2D eigenvalue weighted by molar-refractivity contribution is 14.1. The van der Waals surface area contributed by atoms with Gasteiger partial charge in [0.2, 0.25) is 0 Å². The second-order valence-electron chi connectivity index (χ2n) is 6.88. The van der Waals surface area contributed by atoms with Crippen molar-refractivity contribution in [1.29, 1.82) is 0 Å². The second-order valence-corrected chi connectivity index (χ2v) is 7.64. The first-order chi connectivity index (χ1) is 8.84. The molecule has 0 atom stereocenters. The van der Waals surface area contributed by atoms with Crippen LogP contribution < -0.4 is 0 Å². The average Bonchev–Trinajstić information content (AvgIpc) is 3.08. The predicted molar refractivity (Wildman–Crippen MR) is 84.8 cm³/mol. The standard InChI is InChI=1S/C14H25IN2O2/c1-13(2,3)19-12(18)17-8-6-16(7-9-17)11-14(10-15)4-5-14/h4-11H2,1-3H3. The van der Waals surface area contributed by atoms with Crippen LogP contribution in [0.1, 0.15) is 33.6 Å². The molecule has 2 rings (SSSR count). The summed E-state index contributed by atoms with van der Waals surface area (Å²) in [6.07, 6.45) is 2.59. The molecule has 4 nitrogen and oxygen atoms in total. The minimum absolute atomic E-state index is 0.165. The van der Waals surface area contributed by atoms with E-state index in [1.165, 1.54) is 23.8 Å². The number of piperazine rings is 1. The Morgan fingerprint density at radius 1 is 1.21 bits per heavy atom. The molecule has 5 heteroatoms. The highest BCUT2D eigenvalue weighted by Crippen LogP contribution is 2.47. The van der Waals surface area contributed by atoms with Gasteiger partial charge < -0.3 is 9.64 Å². The lowest BCUT2D eigenvalue weighted by Gasteiger charge is -2.37. The number of amides is 1. The molecule has 1 aliphatic heterocycles. The van der Waals surface area contributed by atoms with Crippen LogP contribution in [0.15, 0.2) is 0 Å². The van der Waals surface area contributed by atoms with Crippen LogP contribution in [0.5, 0.6) is 0 Å². The number of alkyl halides is 1. The first-order valence-electron chi connectivity index (χ1n) is 7.10. The van der Waals surface area contributed by atoms with Gasteiger partial charge in [0, 0.05) is 37.2 Å². The van der Waals surface area contributed by atoms with Crippen molar-refractivity contribution in [3.63, 3.8) is 0 Å². The maximum absolute atomic E-state index is 12.0. The fourth-order valence-electron chi connectivity index (χ4n) is 2.40. The van der Waals surface area contributed by atoms with E-state index < -0.39 is 5.60 Å². The molecule has 0 N–H and O–H groups in total. The summed E-state index contributed by atoms with van der Waals surface area (Å²) in [5.41, 5.74) is 0.197. The van der Waals surface area contributed by atoms with E-state index in [2.05, 4.69) is 27.5 Å². The van der Waals surface area contributed by atoms with Gasteiger partial charge in [-0.25, -0.2) is 4.79 Å². The lowest BCUT2D eigenvalue weighted by molar-refractivity contribution is 0.0133. The average molecular weight is 380 g/mol. The Hall–Kier alpha value is -0.0400. The van der Waals surface area contributed by atoms with E-state index in [-0.39, 0.29) is 6.09 Å². The highest BCUT2D eigenvalue weighted by Gasteiger charge is 2.43. The lowest BCUT2D eigenvalue weighted by Crippen LogP contribution is -2.51. The van der Waals surface area contributed by atoms with E-state index in [1.807, 2.05) is 25.7 Å². The van der Waals surface area contributed by atoms with Crippen LogP contribution in [-0.2, 0) is 4.74 Å². The van der Waals surface area contributed by atoms with E-state index in [0.29, 0.717) is 5.41 Å². The summed E-state index contributed by atoms with van der Waals surface area (Å²) in [5, 5.41) is 0. The van der Waals surface area contributed by atoms with E-state index >= 15 is 0 Å². The van der Waals surface area contributed by atoms with E-state index in [9.17, 15) is 4.79 Å². The molecule has 0 bridgehead atoms. The molecule has 0 aromatic heterocycles. The number of hydrogen-bond donors (Lipinski definition) is 0. The minimum atomic E-state index is -0.395. The molecular weight excluding hydrogens is 355 g/mol. The molecule has 0 spiro atoms. The number of halogens is 1. The zero-order valence-corrected chi connectivity index (χ0v) is 14.4. The van der Waals surface area contributed by atoms with Crippen molar-refractivity contribution in [2.24, 2.45) is 5.41 Å². The van der Waals surface area contributed by atoms with Crippen LogP contribution in [-0.4, -0.2) is 58.6 Å². The molecule has 1 aliphatic carbocycles. The maximum atomic E-state index is 12.0. The number of carbonyl (C=O) groups excluding carboxylic acids is 1. The van der Waals surface area contributed by atoms with Gasteiger partial charge in [0.1, 0.15) is 5.60 Å². The molecule has 0 radical (unpaired) electrons. The number of hydrogen-bond acceptors (Lipinski definition) is 3. The molecule has 2 aliphatic rings. The third-order valence-electron chi connectivity index (χ3n) is 3.82. The molecular formula is C14H25IN2O2. The van der Waals surface area contributed by atoms with Gasteiger partial charge in [0.15, 0.2) is 0 Å². The third kappa shape index (κ3) is 4.48. The van der Waals surface area contributed by atoms with Gasteiger partial charge >= 0.3 is 6.09 Å². The van der Waals surface area contributed by atoms with Crippen LogP contribution in [0, 0.1) is 5.41 Å². The van der Waals surface area contributed by atoms with Crippen molar-refractivity contribution in [2.75, 3.05) is 37.2 Å². The summed E-state index contributed by atoms with van der Waals surface area (Å²) in [7, 11) is 0. The van der Waals surface area contributed by atoms with Crippen LogP contribution in [0.4, 0.5) is 4.79 Å². The van der Waals surface area contributed by atoms with Gasteiger partial charge in [-0.1, -0.05) is 22.6 Å². The Labute approximate surface area is 130 Å². The van der Waals surface area contributed by atoms with Gasteiger partial charge in [0.25, 0.3) is 0 Å². The number of ether oxygens (including phenoxy) is 1. The smallest absolute Gasteiger partial charge is 0.410 e. The molecule has 110 valence electrons. The zero-order chi connectivity index (χ0) is 14.1. The van der Waals surface area contributed by atoms with Gasteiger partial charge in [0.05, 0.1) is 0 Å². The number of rotatable bonds is 3. The van der Waals surface area contributed by atoms with Crippen molar-refractivity contribution in [2.45, 2.75) is 39.2 Å².